The fourth-order valence-electron chi connectivity index (χ4n) is 2.01. The van der Waals surface area contributed by atoms with Crippen molar-refractivity contribution in [1.29, 1.82) is 0 Å². The number of rotatable bonds is 3. The number of benzene rings is 1. The summed E-state index contributed by atoms with van der Waals surface area (Å²) in [5, 5.41) is 2.79. The number of hydrogen-bond donors (Lipinski definition) is 1. The average molecular weight is 306 g/mol. The zero-order valence-electron chi connectivity index (χ0n) is 11.4. The van der Waals surface area contributed by atoms with Gasteiger partial charge in [0.1, 0.15) is 17.3 Å². The van der Waals surface area contributed by atoms with Crippen molar-refractivity contribution >= 4 is 23.2 Å². The van der Waals surface area contributed by atoms with Gasteiger partial charge in [-0.15, -0.1) is 0 Å². The molecule has 0 aliphatic heterocycles. The average Bonchev–Trinajstić information content (AvgIpc) is 3.25. The molecule has 108 valence electrons. The maximum absolute atomic E-state index is 13.0. The van der Waals surface area contributed by atoms with Crippen molar-refractivity contribution in [3.63, 3.8) is 0 Å². The summed E-state index contributed by atoms with van der Waals surface area (Å²) in [6.45, 7) is 1.83. The Morgan fingerprint density at radius 2 is 2.10 bits per heavy atom. The molecule has 1 aliphatic rings. The van der Waals surface area contributed by atoms with Gasteiger partial charge in [-0.3, -0.25) is 4.79 Å². The van der Waals surface area contributed by atoms with Gasteiger partial charge in [-0.1, -0.05) is 11.6 Å². The number of carbonyl (C=O) groups is 1. The normalized spacial score (nSPS) is 14.0. The summed E-state index contributed by atoms with van der Waals surface area (Å²) in [4.78, 5) is 20.9. The molecule has 0 unspecified atom stereocenters. The summed E-state index contributed by atoms with van der Waals surface area (Å²) in [6.07, 6.45) is 2.13. The van der Waals surface area contributed by atoms with Gasteiger partial charge in [-0.2, -0.15) is 0 Å². The molecule has 1 amide bonds. The van der Waals surface area contributed by atoms with E-state index in [2.05, 4.69) is 15.3 Å². The lowest BCUT2D eigenvalue weighted by molar-refractivity contribution is 0.102. The highest BCUT2D eigenvalue weighted by Gasteiger charge is 2.27. The quantitative estimate of drug-likeness (QED) is 0.940. The van der Waals surface area contributed by atoms with E-state index in [1.807, 2.05) is 6.92 Å². The number of hydrogen-bond acceptors (Lipinski definition) is 3. The number of halogens is 2. The Balaban J connectivity index is 1.84. The summed E-state index contributed by atoms with van der Waals surface area (Å²) in [6, 6.07) is 5.43. The molecule has 0 bridgehead atoms. The second-order valence-electron chi connectivity index (χ2n) is 5.11. The van der Waals surface area contributed by atoms with Crippen molar-refractivity contribution < 1.29 is 9.18 Å². The lowest BCUT2D eigenvalue weighted by atomic mass is 10.2. The molecule has 1 fully saturated rings. The predicted molar refractivity (Wildman–Crippen MR) is 78.1 cm³/mol. The van der Waals surface area contributed by atoms with E-state index >= 15 is 0 Å². The molecule has 1 heterocycles. The Morgan fingerprint density at radius 1 is 1.33 bits per heavy atom. The second-order valence-corrected chi connectivity index (χ2v) is 5.51. The van der Waals surface area contributed by atoms with Gasteiger partial charge in [0.05, 0.1) is 10.7 Å². The third kappa shape index (κ3) is 3.19. The van der Waals surface area contributed by atoms with Crippen LogP contribution in [0.2, 0.25) is 5.02 Å². The van der Waals surface area contributed by atoms with Gasteiger partial charge in [0.25, 0.3) is 5.91 Å². The van der Waals surface area contributed by atoms with E-state index in [1.54, 1.807) is 6.07 Å². The summed E-state index contributed by atoms with van der Waals surface area (Å²) in [7, 11) is 0. The first-order chi connectivity index (χ1) is 10.0. The van der Waals surface area contributed by atoms with Crippen LogP contribution in [0.15, 0.2) is 24.3 Å². The number of nitrogens with zero attached hydrogens (tertiary/aromatic N) is 2. The lowest BCUT2D eigenvalue weighted by Crippen LogP contribution is -2.16. The van der Waals surface area contributed by atoms with Crippen LogP contribution in [0.5, 0.6) is 0 Å². The van der Waals surface area contributed by atoms with Crippen molar-refractivity contribution in [3.05, 3.63) is 52.3 Å². The topological polar surface area (TPSA) is 54.9 Å². The predicted octanol–water partition coefficient (Wildman–Crippen LogP) is 3.71. The smallest absolute Gasteiger partial charge is 0.274 e. The van der Waals surface area contributed by atoms with E-state index in [0.717, 1.165) is 24.6 Å². The molecule has 0 radical (unpaired) electrons. The fraction of sp³-hybridized carbons (Fsp3) is 0.267. The van der Waals surface area contributed by atoms with Crippen LogP contribution >= 0.6 is 11.6 Å². The van der Waals surface area contributed by atoms with Gasteiger partial charge >= 0.3 is 0 Å². The third-order valence-corrected chi connectivity index (χ3v) is 3.54. The van der Waals surface area contributed by atoms with E-state index in [-0.39, 0.29) is 10.9 Å². The summed E-state index contributed by atoms with van der Waals surface area (Å²) >= 11 is 5.90. The minimum absolute atomic E-state index is 0.150. The van der Waals surface area contributed by atoms with Crippen molar-refractivity contribution in [3.8, 4) is 0 Å². The number of carbonyl (C=O) groups excluding carboxylic acids is 1. The van der Waals surface area contributed by atoms with Crippen LogP contribution in [-0.2, 0) is 0 Å². The van der Waals surface area contributed by atoms with Crippen molar-refractivity contribution in [2.24, 2.45) is 0 Å². The summed E-state index contributed by atoms with van der Waals surface area (Å²) in [5.74, 6) is 0.249. The second kappa shape index (κ2) is 5.41. The molecule has 3 rings (SSSR count). The Kier molecular flexibility index (Phi) is 3.59. The van der Waals surface area contributed by atoms with Gasteiger partial charge < -0.3 is 5.32 Å². The van der Waals surface area contributed by atoms with Crippen LogP contribution in [0.1, 0.15) is 40.8 Å². The van der Waals surface area contributed by atoms with Crippen molar-refractivity contribution in [1.82, 2.24) is 9.97 Å². The minimum Gasteiger partial charge on any atom is -0.319 e. The van der Waals surface area contributed by atoms with E-state index in [0.29, 0.717) is 23.1 Å². The minimum atomic E-state index is -0.452. The first kappa shape index (κ1) is 13.9. The number of amides is 1. The monoisotopic (exact) mass is 305 g/mol. The number of nitrogens with one attached hydrogen (secondary N) is 1. The Labute approximate surface area is 126 Å². The largest absolute Gasteiger partial charge is 0.319 e. The molecule has 1 aliphatic carbocycles. The van der Waals surface area contributed by atoms with Gasteiger partial charge in [-0.25, -0.2) is 14.4 Å². The Bertz CT molecular complexity index is 716. The molecule has 1 aromatic heterocycles. The van der Waals surface area contributed by atoms with Crippen LogP contribution in [0.25, 0.3) is 0 Å². The number of aromatic nitrogens is 2. The summed E-state index contributed by atoms with van der Waals surface area (Å²) < 4.78 is 13.0. The highest BCUT2D eigenvalue weighted by Crippen LogP contribution is 2.38. The molecule has 2 aromatic rings. The first-order valence-corrected chi connectivity index (χ1v) is 7.03. The van der Waals surface area contributed by atoms with Crippen LogP contribution in [-0.4, -0.2) is 15.9 Å². The van der Waals surface area contributed by atoms with Crippen LogP contribution < -0.4 is 5.32 Å². The number of aryl methyl sites for hydroxylation is 1. The molecule has 0 saturated heterocycles. The van der Waals surface area contributed by atoms with Crippen LogP contribution in [0.3, 0.4) is 0 Å². The zero-order valence-corrected chi connectivity index (χ0v) is 12.1. The van der Waals surface area contributed by atoms with Gasteiger partial charge in [-0.05, 0) is 44.0 Å². The lowest BCUT2D eigenvalue weighted by Gasteiger charge is -2.08. The SMILES string of the molecule is Cc1cc(C(=O)Nc2ccc(F)cc2Cl)nc(C2CC2)n1. The van der Waals surface area contributed by atoms with Gasteiger partial charge in [0, 0.05) is 11.6 Å². The zero-order chi connectivity index (χ0) is 15.0. The van der Waals surface area contributed by atoms with Crippen LogP contribution in [0, 0.1) is 12.7 Å². The standard InChI is InChI=1S/C15H13ClFN3O/c1-8-6-13(19-14(18-8)9-2-3-9)15(21)20-12-5-4-10(17)7-11(12)16/h4-7,9H,2-3H2,1H3,(H,20,21). The van der Waals surface area contributed by atoms with E-state index in [4.69, 9.17) is 11.6 Å². The van der Waals surface area contributed by atoms with E-state index in [9.17, 15) is 9.18 Å². The van der Waals surface area contributed by atoms with E-state index < -0.39 is 5.82 Å². The maximum atomic E-state index is 13.0. The van der Waals surface area contributed by atoms with E-state index in [1.165, 1.54) is 12.1 Å². The molecule has 4 nitrogen and oxygen atoms in total. The number of anilines is 1. The molecule has 1 aromatic carbocycles. The molecule has 1 saturated carbocycles. The maximum Gasteiger partial charge on any atom is 0.274 e. The van der Waals surface area contributed by atoms with Crippen molar-refractivity contribution in [2.45, 2.75) is 25.7 Å². The highest BCUT2D eigenvalue weighted by molar-refractivity contribution is 6.33. The van der Waals surface area contributed by atoms with Gasteiger partial charge in [0.15, 0.2) is 0 Å². The highest BCUT2D eigenvalue weighted by atomic mass is 35.5. The fourth-order valence-corrected chi connectivity index (χ4v) is 2.22. The molecule has 6 heteroatoms. The molecule has 0 atom stereocenters. The molecule has 0 spiro atoms. The molecule has 1 N–H and O–H groups in total. The van der Waals surface area contributed by atoms with Crippen molar-refractivity contribution in [2.75, 3.05) is 5.32 Å². The first-order valence-electron chi connectivity index (χ1n) is 6.65. The molecule has 21 heavy (non-hydrogen) atoms. The Hall–Kier alpha value is -2.01. The van der Waals surface area contributed by atoms with Gasteiger partial charge in [0.2, 0.25) is 0 Å². The molecular formula is C15H13ClFN3O. The van der Waals surface area contributed by atoms with Crippen LogP contribution in [0.4, 0.5) is 10.1 Å². The third-order valence-electron chi connectivity index (χ3n) is 3.23. The summed E-state index contributed by atoms with van der Waals surface area (Å²) in [5.41, 5.74) is 1.40. The molecular weight excluding hydrogens is 293 g/mol. The Morgan fingerprint density at radius 3 is 2.76 bits per heavy atom.